The standard InChI is InChI=1S/C20H18N6O/c1-26(13-10-15-8-11-22-12-9-15)20(27)18-6-7-19(25-24-18)23-17-5-3-2-4-16(17)14-21/h2-9,11-12H,10,13H2,1H3,(H,23,25). The summed E-state index contributed by atoms with van der Waals surface area (Å²) in [6, 6.07) is 16.4. The smallest absolute Gasteiger partial charge is 0.274 e. The number of nitriles is 1. The topological polar surface area (TPSA) is 94.8 Å². The van der Waals surface area contributed by atoms with Gasteiger partial charge in [-0.25, -0.2) is 0 Å². The number of nitrogens with zero attached hydrogens (tertiary/aromatic N) is 5. The van der Waals surface area contributed by atoms with E-state index in [1.54, 1.807) is 54.7 Å². The number of amides is 1. The van der Waals surface area contributed by atoms with Gasteiger partial charge in [-0.2, -0.15) is 5.26 Å². The number of anilines is 2. The minimum Gasteiger partial charge on any atom is -0.340 e. The van der Waals surface area contributed by atoms with Crippen LogP contribution in [0.3, 0.4) is 0 Å². The van der Waals surface area contributed by atoms with Crippen LogP contribution in [-0.4, -0.2) is 39.6 Å². The van der Waals surface area contributed by atoms with Gasteiger partial charge in [0.05, 0.1) is 11.3 Å². The zero-order chi connectivity index (χ0) is 19.1. The monoisotopic (exact) mass is 358 g/mol. The highest BCUT2D eigenvalue weighted by molar-refractivity contribution is 5.92. The third-order valence-electron chi connectivity index (χ3n) is 4.03. The lowest BCUT2D eigenvalue weighted by molar-refractivity contribution is 0.0789. The highest BCUT2D eigenvalue weighted by atomic mass is 16.2. The fourth-order valence-corrected chi connectivity index (χ4v) is 2.48. The summed E-state index contributed by atoms with van der Waals surface area (Å²) in [4.78, 5) is 18.1. The molecule has 0 aliphatic rings. The largest absolute Gasteiger partial charge is 0.340 e. The number of nitrogens with one attached hydrogen (secondary N) is 1. The second-order valence-corrected chi connectivity index (χ2v) is 5.92. The zero-order valence-corrected chi connectivity index (χ0v) is 14.8. The summed E-state index contributed by atoms with van der Waals surface area (Å²) >= 11 is 0. The summed E-state index contributed by atoms with van der Waals surface area (Å²) in [7, 11) is 1.74. The van der Waals surface area contributed by atoms with E-state index < -0.39 is 0 Å². The van der Waals surface area contributed by atoms with Crippen molar-refractivity contribution < 1.29 is 4.79 Å². The Morgan fingerprint density at radius 3 is 2.59 bits per heavy atom. The van der Waals surface area contributed by atoms with Gasteiger partial charge in [0.1, 0.15) is 6.07 Å². The zero-order valence-electron chi connectivity index (χ0n) is 14.8. The van der Waals surface area contributed by atoms with Gasteiger partial charge in [-0.3, -0.25) is 9.78 Å². The first-order valence-corrected chi connectivity index (χ1v) is 8.41. The molecule has 0 saturated carbocycles. The van der Waals surface area contributed by atoms with Gasteiger partial charge in [-0.1, -0.05) is 12.1 Å². The Hall–Kier alpha value is -3.79. The lowest BCUT2D eigenvalue weighted by Crippen LogP contribution is -2.29. The predicted molar refractivity (Wildman–Crippen MR) is 101 cm³/mol. The Kier molecular flexibility index (Phi) is 5.70. The normalized spacial score (nSPS) is 10.1. The van der Waals surface area contributed by atoms with Crippen LogP contribution in [0.4, 0.5) is 11.5 Å². The highest BCUT2D eigenvalue weighted by Gasteiger charge is 2.14. The van der Waals surface area contributed by atoms with E-state index in [1.165, 1.54) is 0 Å². The minimum absolute atomic E-state index is 0.194. The number of carbonyl (C=O) groups excluding carboxylic acids is 1. The maximum absolute atomic E-state index is 12.5. The number of likely N-dealkylation sites (N-methyl/N-ethyl adjacent to an activating group) is 1. The molecule has 0 bridgehead atoms. The molecule has 0 unspecified atom stereocenters. The lowest BCUT2D eigenvalue weighted by atomic mass is 10.2. The molecule has 3 aromatic rings. The molecule has 3 rings (SSSR count). The molecule has 7 heteroatoms. The fourth-order valence-electron chi connectivity index (χ4n) is 2.48. The van der Waals surface area contributed by atoms with Gasteiger partial charge < -0.3 is 10.2 Å². The van der Waals surface area contributed by atoms with Crippen LogP contribution in [-0.2, 0) is 6.42 Å². The van der Waals surface area contributed by atoms with Gasteiger partial charge in [-0.15, -0.1) is 10.2 Å². The number of aromatic nitrogens is 3. The van der Waals surface area contributed by atoms with Crippen LogP contribution in [0.5, 0.6) is 0 Å². The van der Waals surface area contributed by atoms with Gasteiger partial charge >= 0.3 is 0 Å². The van der Waals surface area contributed by atoms with Gasteiger partial charge in [0.25, 0.3) is 5.91 Å². The average Bonchev–Trinajstić information content (AvgIpc) is 2.73. The van der Waals surface area contributed by atoms with Crippen molar-refractivity contribution in [3.63, 3.8) is 0 Å². The molecule has 134 valence electrons. The van der Waals surface area contributed by atoms with Crippen molar-refractivity contribution >= 4 is 17.4 Å². The molecule has 1 aromatic carbocycles. The Morgan fingerprint density at radius 1 is 1.11 bits per heavy atom. The molecular formula is C20H18N6O. The predicted octanol–water partition coefficient (Wildman–Crippen LogP) is 2.80. The number of para-hydroxylation sites is 1. The van der Waals surface area contributed by atoms with Crippen LogP contribution in [0, 0.1) is 11.3 Å². The van der Waals surface area contributed by atoms with Crippen molar-refractivity contribution in [3.05, 3.63) is 77.7 Å². The molecule has 1 amide bonds. The molecule has 0 aliphatic heterocycles. The van der Waals surface area contributed by atoms with E-state index in [0.717, 1.165) is 12.0 Å². The van der Waals surface area contributed by atoms with Crippen molar-refractivity contribution in [3.8, 4) is 6.07 Å². The Morgan fingerprint density at radius 2 is 1.89 bits per heavy atom. The van der Waals surface area contributed by atoms with E-state index in [0.29, 0.717) is 23.6 Å². The molecule has 0 aliphatic carbocycles. The van der Waals surface area contributed by atoms with Crippen molar-refractivity contribution in [2.45, 2.75) is 6.42 Å². The number of benzene rings is 1. The van der Waals surface area contributed by atoms with Gasteiger partial charge in [0, 0.05) is 26.0 Å². The quantitative estimate of drug-likeness (QED) is 0.728. The molecular weight excluding hydrogens is 340 g/mol. The molecule has 1 N–H and O–H groups in total. The summed E-state index contributed by atoms with van der Waals surface area (Å²) in [5.74, 6) is 0.272. The van der Waals surface area contributed by atoms with E-state index in [9.17, 15) is 4.79 Å². The van der Waals surface area contributed by atoms with E-state index in [-0.39, 0.29) is 11.6 Å². The molecule has 27 heavy (non-hydrogen) atoms. The summed E-state index contributed by atoms with van der Waals surface area (Å²) in [6.45, 7) is 0.570. The Balaban J connectivity index is 1.62. The molecule has 0 saturated heterocycles. The van der Waals surface area contributed by atoms with Crippen molar-refractivity contribution in [2.24, 2.45) is 0 Å². The first-order valence-electron chi connectivity index (χ1n) is 8.41. The van der Waals surface area contributed by atoms with Crippen molar-refractivity contribution in [1.29, 1.82) is 5.26 Å². The molecule has 0 fully saturated rings. The minimum atomic E-state index is -0.194. The van der Waals surface area contributed by atoms with Gasteiger partial charge in [0.2, 0.25) is 0 Å². The van der Waals surface area contributed by atoms with Gasteiger partial charge in [0.15, 0.2) is 11.5 Å². The highest BCUT2D eigenvalue weighted by Crippen LogP contribution is 2.18. The van der Waals surface area contributed by atoms with Crippen LogP contribution in [0.2, 0.25) is 0 Å². The van der Waals surface area contributed by atoms with Crippen LogP contribution < -0.4 is 5.32 Å². The summed E-state index contributed by atoms with van der Waals surface area (Å²) in [5.41, 5.74) is 2.54. The third kappa shape index (κ3) is 4.64. The first kappa shape index (κ1) is 18.0. The molecule has 2 heterocycles. The van der Waals surface area contributed by atoms with Crippen LogP contribution >= 0.6 is 0 Å². The van der Waals surface area contributed by atoms with Crippen LogP contribution in [0.1, 0.15) is 21.6 Å². The molecule has 0 radical (unpaired) electrons. The second-order valence-electron chi connectivity index (χ2n) is 5.92. The number of hydrogen-bond donors (Lipinski definition) is 1. The average molecular weight is 358 g/mol. The first-order chi connectivity index (χ1) is 13.2. The number of rotatable bonds is 6. The van der Waals surface area contributed by atoms with E-state index >= 15 is 0 Å². The van der Waals surface area contributed by atoms with E-state index in [4.69, 9.17) is 5.26 Å². The van der Waals surface area contributed by atoms with Crippen molar-refractivity contribution in [1.82, 2.24) is 20.1 Å². The summed E-state index contributed by atoms with van der Waals surface area (Å²) in [5, 5.41) is 20.2. The number of hydrogen-bond acceptors (Lipinski definition) is 6. The van der Waals surface area contributed by atoms with Crippen LogP contribution in [0.15, 0.2) is 60.9 Å². The molecule has 7 nitrogen and oxygen atoms in total. The Labute approximate surface area is 157 Å². The van der Waals surface area contributed by atoms with E-state index in [1.807, 2.05) is 18.2 Å². The lowest BCUT2D eigenvalue weighted by Gasteiger charge is -2.16. The Bertz CT molecular complexity index is 950. The van der Waals surface area contributed by atoms with Crippen molar-refractivity contribution in [2.75, 3.05) is 18.9 Å². The molecule has 0 atom stereocenters. The maximum atomic E-state index is 12.5. The third-order valence-corrected chi connectivity index (χ3v) is 4.03. The molecule has 0 spiro atoms. The number of carbonyl (C=O) groups is 1. The summed E-state index contributed by atoms with van der Waals surface area (Å²) < 4.78 is 0. The van der Waals surface area contributed by atoms with Gasteiger partial charge in [-0.05, 0) is 48.4 Å². The maximum Gasteiger partial charge on any atom is 0.274 e. The SMILES string of the molecule is CN(CCc1ccncc1)C(=O)c1ccc(Nc2ccccc2C#N)nn1. The van der Waals surface area contributed by atoms with E-state index in [2.05, 4.69) is 26.6 Å². The fraction of sp³-hybridized carbons (Fsp3) is 0.150. The molecule has 2 aromatic heterocycles. The second kappa shape index (κ2) is 8.54. The van der Waals surface area contributed by atoms with Crippen LogP contribution in [0.25, 0.3) is 0 Å². The number of pyridine rings is 1. The summed E-state index contributed by atoms with van der Waals surface area (Å²) in [6.07, 6.45) is 4.21.